The van der Waals surface area contributed by atoms with Gasteiger partial charge in [-0.1, -0.05) is 18.2 Å². The maximum Gasteiger partial charge on any atom is 0.184 e. The summed E-state index contributed by atoms with van der Waals surface area (Å²) in [4.78, 5) is 3.92. The Morgan fingerprint density at radius 3 is 2.85 bits per heavy atom. The van der Waals surface area contributed by atoms with E-state index in [9.17, 15) is 8.42 Å². The fourth-order valence-corrected chi connectivity index (χ4v) is 3.89. The van der Waals surface area contributed by atoms with Gasteiger partial charge in [-0.25, -0.2) is 8.42 Å². The number of sulfone groups is 1. The van der Waals surface area contributed by atoms with Gasteiger partial charge in [0.05, 0.1) is 22.5 Å². The van der Waals surface area contributed by atoms with Crippen LogP contribution in [-0.2, 0) is 16.3 Å². The first-order valence-corrected chi connectivity index (χ1v) is 7.88. The second-order valence-corrected chi connectivity index (χ2v) is 6.75. The number of nitrogens with two attached hydrogens (primary N) is 1. The van der Waals surface area contributed by atoms with Gasteiger partial charge in [-0.15, -0.1) is 0 Å². The van der Waals surface area contributed by atoms with Crippen molar-refractivity contribution in [3.63, 3.8) is 0 Å². The SMILES string of the molecule is Nc1cnccc1S(=O)(=O)CC1Cc2ccccc2O1. The summed E-state index contributed by atoms with van der Waals surface area (Å²) in [5.74, 6) is 0.672. The molecule has 2 aromatic rings. The number of benzene rings is 1. The van der Waals surface area contributed by atoms with Gasteiger partial charge in [-0.3, -0.25) is 4.98 Å². The summed E-state index contributed by atoms with van der Waals surface area (Å²) in [5.41, 5.74) is 6.89. The molecular formula is C14H14N2O3S. The fraction of sp³-hybridized carbons (Fsp3) is 0.214. The van der Waals surface area contributed by atoms with Crippen molar-refractivity contribution in [2.45, 2.75) is 17.4 Å². The first-order valence-electron chi connectivity index (χ1n) is 6.23. The molecule has 1 aliphatic rings. The van der Waals surface area contributed by atoms with Crippen molar-refractivity contribution in [2.75, 3.05) is 11.5 Å². The smallest absolute Gasteiger partial charge is 0.184 e. The standard InChI is InChI=1S/C14H14N2O3S/c15-12-8-16-6-5-14(12)20(17,18)9-11-7-10-3-1-2-4-13(10)19-11/h1-6,8,11H,7,9,15H2. The highest BCUT2D eigenvalue weighted by molar-refractivity contribution is 7.91. The van der Waals surface area contributed by atoms with Gasteiger partial charge in [0, 0.05) is 12.6 Å². The minimum Gasteiger partial charge on any atom is -0.489 e. The Morgan fingerprint density at radius 2 is 2.10 bits per heavy atom. The van der Waals surface area contributed by atoms with Crippen LogP contribution in [0.1, 0.15) is 5.56 Å². The molecule has 0 aliphatic carbocycles. The van der Waals surface area contributed by atoms with E-state index in [4.69, 9.17) is 10.5 Å². The molecule has 3 rings (SSSR count). The van der Waals surface area contributed by atoms with Crippen LogP contribution in [0.25, 0.3) is 0 Å². The number of nitrogen functional groups attached to an aromatic ring is 1. The number of fused-ring (bicyclic) bond motifs is 1. The number of hydrogen-bond donors (Lipinski definition) is 1. The van der Waals surface area contributed by atoms with Crippen molar-refractivity contribution >= 4 is 15.5 Å². The number of aromatic nitrogens is 1. The molecule has 2 N–H and O–H groups in total. The normalized spacial score (nSPS) is 17.5. The third kappa shape index (κ3) is 2.34. The molecule has 0 amide bonds. The Kier molecular flexibility index (Phi) is 3.10. The summed E-state index contributed by atoms with van der Waals surface area (Å²) in [6, 6.07) is 9.01. The monoisotopic (exact) mass is 290 g/mol. The van der Waals surface area contributed by atoms with E-state index in [0.717, 1.165) is 11.3 Å². The third-order valence-corrected chi connectivity index (χ3v) is 5.12. The van der Waals surface area contributed by atoms with Gasteiger partial charge in [0.25, 0.3) is 0 Å². The zero-order valence-electron chi connectivity index (χ0n) is 10.7. The van der Waals surface area contributed by atoms with E-state index < -0.39 is 9.84 Å². The lowest BCUT2D eigenvalue weighted by molar-refractivity contribution is 0.256. The first-order chi connectivity index (χ1) is 9.56. The second kappa shape index (κ2) is 4.79. The Labute approximate surface area is 117 Å². The Bertz CT molecular complexity index is 719. The molecule has 0 saturated carbocycles. The highest BCUT2D eigenvalue weighted by Crippen LogP contribution is 2.30. The summed E-state index contributed by atoms with van der Waals surface area (Å²) in [5, 5.41) is 0. The zero-order chi connectivity index (χ0) is 14.2. The van der Waals surface area contributed by atoms with Gasteiger partial charge in [-0.05, 0) is 17.7 Å². The van der Waals surface area contributed by atoms with Gasteiger partial charge >= 0.3 is 0 Å². The van der Waals surface area contributed by atoms with Crippen molar-refractivity contribution < 1.29 is 13.2 Å². The van der Waals surface area contributed by atoms with Crippen molar-refractivity contribution in [2.24, 2.45) is 0 Å². The van der Waals surface area contributed by atoms with Crippen LogP contribution in [0.5, 0.6) is 5.75 Å². The van der Waals surface area contributed by atoms with E-state index in [1.807, 2.05) is 24.3 Å². The molecule has 0 bridgehead atoms. The van der Waals surface area contributed by atoms with Crippen LogP contribution in [0, 0.1) is 0 Å². The van der Waals surface area contributed by atoms with Crippen LogP contribution in [0.15, 0.2) is 47.6 Å². The highest BCUT2D eigenvalue weighted by Gasteiger charge is 2.29. The quantitative estimate of drug-likeness (QED) is 0.925. The van der Waals surface area contributed by atoms with E-state index in [1.165, 1.54) is 18.5 Å². The number of hydrogen-bond acceptors (Lipinski definition) is 5. The highest BCUT2D eigenvalue weighted by atomic mass is 32.2. The largest absolute Gasteiger partial charge is 0.489 e. The van der Waals surface area contributed by atoms with Crippen molar-refractivity contribution in [3.8, 4) is 5.75 Å². The fourth-order valence-electron chi connectivity index (χ4n) is 2.36. The van der Waals surface area contributed by atoms with Crippen LogP contribution in [0.2, 0.25) is 0 Å². The van der Waals surface area contributed by atoms with Gasteiger partial charge in [0.2, 0.25) is 0 Å². The number of ether oxygens (including phenoxy) is 1. The van der Waals surface area contributed by atoms with Crippen molar-refractivity contribution in [1.82, 2.24) is 4.98 Å². The average Bonchev–Trinajstić information content (AvgIpc) is 2.80. The molecule has 0 saturated heterocycles. The lowest BCUT2D eigenvalue weighted by atomic mass is 10.1. The van der Waals surface area contributed by atoms with E-state index in [1.54, 1.807) is 0 Å². The number of pyridine rings is 1. The lowest BCUT2D eigenvalue weighted by Crippen LogP contribution is -2.25. The van der Waals surface area contributed by atoms with E-state index in [0.29, 0.717) is 6.42 Å². The molecule has 0 radical (unpaired) electrons. The lowest BCUT2D eigenvalue weighted by Gasteiger charge is -2.12. The topological polar surface area (TPSA) is 82.3 Å². The predicted octanol–water partition coefficient (Wildman–Crippen LogP) is 1.44. The molecule has 1 unspecified atom stereocenters. The number of nitrogens with zero attached hydrogens (tertiary/aromatic N) is 1. The van der Waals surface area contributed by atoms with E-state index in [2.05, 4.69) is 4.98 Å². The van der Waals surface area contributed by atoms with E-state index in [-0.39, 0.29) is 22.4 Å². The number of anilines is 1. The Hall–Kier alpha value is -2.08. The van der Waals surface area contributed by atoms with Crippen LogP contribution in [-0.4, -0.2) is 25.3 Å². The summed E-state index contributed by atoms with van der Waals surface area (Å²) in [6.07, 6.45) is 3.00. The summed E-state index contributed by atoms with van der Waals surface area (Å²) in [7, 11) is -3.48. The van der Waals surface area contributed by atoms with Crippen LogP contribution >= 0.6 is 0 Å². The molecule has 1 atom stereocenters. The summed E-state index contributed by atoms with van der Waals surface area (Å²) < 4.78 is 30.4. The molecule has 104 valence electrons. The maximum absolute atomic E-state index is 12.4. The minimum absolute atomic E-state index is 0.0874. The number of rotatable bonds is 3. The van der Waals surface area contributed by atoms with Crippen LogP contribution < -0.4 is 10.5 Å². The molecule has 1 aliphatic heterocycles. The zero-order valence-corrected chi connectivity index (χ0v) is 11.5. The van der Waals surface area contributed by atoms with Crippen LogP contribution in [0.3, 0.4) is 0 Å². The van der Waals surface area contributed by atoms with Crippen LogP contribution in [0.4, 0.5) is 5.69 Å². The Balaban J connectivity index is 1.81. The molecule has 20 heavy (non-hydrogen) atoms. The summed E-state index contributed by atoms with van der Waals surface area (Å²) in [6.45, 7) is 0. The van der Waals surface area contributed by atoms with Gasteiger partial charge < -0.3 is 10.5 Å². The molecule has 2 heterocycles. The third-order valence-electron chi connectivity index (χ3n) is 3.26. The second-order valence-electron chi connectivity index (χ2n) is 4.75. The van der Waals surface area contributed by atoms with Crippen molar-refractivity contribution in [1.29, 1.82) is 0 Å². The van der Waals surface area contributed by atoms with Crippen molar-refractivity contribution in [3.05, 3.63) is 48.3 Å². The molecule has 0 fully saturated rings. The molecule has 6 heteroatoms. The molecule has 1 aromatic carbocycles. The predicted molar refractivity (Wildman–Crippen MR) is 75.3 cm³/mol. The van der Waals surface area contributed by atoms with E-state index >= 15 is 0 Å². The molecule has 5 nitrogen and oxygen atoms in total. The summed E-state index contributed by atoms with van der Waals surface area (Å²) >= 11 is 0. The molecular weight excluding hydrogens is 276 g/mol. The minimum atomic E-state index is -3.48. The average molecular weight is 290 g/mol. The Morgan fingerprint density at radius 1 is 1.30 bits per heavy atom. The number of para-hydroxylation sites is 1. The van der Waals surface area contributed by atoms with Gasteiger partial charge in [0.15, 0.2) is 9.84 Å². The first kappa shape index (κ1) is 12.9. The molecule has 1 aromatic heterocycles. The van der Waals surface area contributed by atoms with Gasteiger partial charge in [-0.2, -0.15) is 0 Å². The molecule has 0 spiro atoms. The van der Waals surface area contributed by atoms with Gasteiger partial charge in [0.1, 0.15) is 11.9 Å². The maximum atomic E-state index is 12.4.